The molecule has 3 aliphatic rings. The van der Waals surface area contributed by atoms with Gasteiger partial charge in [-0.15, -0.1) is 6.42 Å². The summed E-state index contributed by atoms with van der Waals surface area (Å²) >= 11 is 1.16. The van der Waals surface area contributed by atoms with Gasteiger partial charge in [0.25, 0.3) is 5.91 Å². The van der Waals surface area contributed by atoms with Crippen molar-refractivity contribution in [1.82, 2.24) is 14.9 Å². The highest BCUT2D eigenvalue weighted by molar-refractivity contribution is 8.15. The van der Waals surface area contributed by atoms with Gasteiger partial charge in [0.15, 0.2) is 23.4 Å². The molecule has 3 heterocycles. The minimum absolute atomic E-state index is 0.0115. The van der Waals surface area contributed by atoms with Crippen LogP contribution in [0, 0.1) is 29.9 Å². The lowest BCUT2D eigenvalue weighted by Gasteiger charge is -2.37. The van der Waals surface area contributed by atoms with Crippen molar-refractivity contribution >= 4 is 34.4 Å². The summed E-state index contributed by atoms with van der Waals surface area (Å²) in [4.78, 5) is 40.3. The fourth-order valence-electron chi connectivity index (χ4n) is 4.94. The Morgan fingerprint density at radius 2 is 2.08 bits per heavy atom. The Bertz CT molecular complexity index is 1360. The number of nitrogens with two attached hydrogens (primary N) is 1. The van der Waals surface area contributed by atoms with Gasteiger partial charge in [0, 0.05) is 36.3 Å². The maximum Gasteiger partial charge on any atom is 0.275 e. The summed E-state index contributed by atoms with van der Waals surface area (Å²) < 4.78 is 39.6. The average molecular weight is 543 g/mol. The Kier molecular flexibility index (Phi) is 6.70. The molecular weight excluding hydrogens is 518 g/mol. The van der Waals surface area contributed by atoms with Gasteiger partial charge in [-0.3, -0.25) is 14.6 Å². The SMILES string of the molecule is C#CCOc1cnc(C(=O)Nc2cc(F)c(F)c([C@]3(C)N=C(N)S[C@@]4(C(=O)N5CCOCC5)C[C@@H]34)c2)cn1. The maximum atomic E-state index is 15.3. The summed E-state index contributed by atoms with van der Waals surface area (Å²) in [6.07, 6.45) is 7.92. The number of carbonyl (C=O) groups is 2. The van der Waals surface area contributed by atoms with Gasteiger partial charge in [0.1, 0.15) is 10.4 Å². The number of aromatic nitrogens is 2. The van der Waals surface area contributed by atoms with E-state index in [9.17, 15) is 14.0 Å². The minimum atomic E-state index is -1.33. The molecule has 3 atom stereocenters. The number of fused-ring (bicyclic) bond motifs is 1. The van der Waals surface area contributed by atoms with Gasteiger partial charge in [-0.2, -0.15) is 0 Å². The number of amidine groups is 1. The molecule has 198 valence electrons. The zero-order valence-corrected chi connectivity index (χ0v) is 21.2. The number of aliphatic imine (C=N–C) groups is 1. The molecule has 1 aromatic carbocycles. The zero-order chi connectivity index (χ0) is 27.1. The molecule has 38 heavy (non-hydrogen) atoms. The number of morpholine rings is 1. The van der Waals surface area contributed by atoms with Crippen LogP contribution >= 0.6 is 11.8 Å². The number of nitrogens with zero attached hydrogens (tertiary/aromatic N) is 4. The molecule has 1 aliphatic carbocycles. The molecule has 0 unspecified atom stereocenters. The molecule has 2 aromatic rings. The van der Waals surface area contributed by atoms with Crippen LogP contribution in [0.3, 0.4) is 0 Å². The van der Waals surface area contributed by atoms with E-state index in [-0.39, 0.29) is 40.5 Å². The first-order valence-corrected chi connectivity index (χ1v) is 12.6. The van der Waals surface area contributed by atoms with Crippen LogP contribution in [-0.4, -0.2) is 69.5 Å². The lowest BCUT2D eigenvalue weighted by atomic mass is 9.85. The van der Waals surface area contributed by atoms with E-state index in [0.29, 0.717) is 32.7 Å². The molecule has 3 N–H and O–H groups in total. The fourth-order valence-corrected chi connectivity index (χ4v) is 6.38. The average Bonchev–Trinajstić information content (AvgIpc) is 3.66. The Balaban J connectivity index is 1.41. The molecule has 5 rings (SSSR count). The second kappa shape index (κ2) is 9.85. The van der Waals surface area contributed by atoms with Crippen molar-refractivity contribution in [2.75, 3.05) is 38.2 Å². The summed E-state index contributed by atoms with van der Waals surface area (Å²) in [5.41, 5.74) is 4.60. The van der Waals surface area contributed by atoms with Crippen molar-refractivity contribution in [3.63, 3.8) is 0 Å². The fraction of sp³-hybridized carbons (Fsp3) is 0.400. The zero-order valence-electron chi connectivity index (χ0n) is 20.4. The summed E-state index contributed by atoms with van der Waals surface area (Å²) in [5, 5.41) is 2.62. The van der Waals surface area contributed by atoms with Crippen LogP contribution < -0.4 is 15.8 Å². The molecule has 10 nitrogen and oxygen atoms in total. The van der Waals surface area contributed by atoms with E-state index in [1.807, 2.05) is 0 Å². The number of anilines is 1. The number of nitrogens with one attached hydrogen (secondary N) is 1. The van der Waals surface area contributed by atoms with Crippen LogP contribution in [0.15, 0.2) is 29.5 Å². The number of thioether (sulfide) groups is 1. The lowest BCUT2D eigenvalue weighted by molar-refractivity contribution is -0.135. The molecular formula is C25H24F2N6O4S. The third-order valence-electron chi connectivity index (χ3n) is 6.87. The monoisotopic (exact) mass is 542 g/mol. The standard InChI is InChI=1S/C25H24F2N6O4S/c1-3-6-37-19-13-29-17(12-30-19)21(34)31-14-9-15(20(27)16(26)10-14)24(2)18-11-25(18,38-23(28)32-24)22(35)33-4-7-36-8-5-33/h1,9-10,12-13,18H,4-8,11H2,2H3,(H2,28,32)(H,31,34)/t18-,24-,25-/m0/s1. The number of ether oxygens (including phenoxy) is 2. The van der Waals surface area contributed by atoms with Crippen LogP contribution in [0.25, 0.3) is 0 Å². The molecule has 13 heteroatoms. The van der Waals surface area contributed by atoms with E-state index in [1.165, 1.54) is 18.5 Å². The Morgan fingerprint density at radius 1 is 1.32 bits per heavy atom. The van der Waals surface area contributed by atoms with Gasteiger partial charge in [-0.05, 0) is 19.4 Å². The smallest absolute Gasteiger partial charge is 0.275 e. The number of hydrogen-bond acceptors (Lipinski definition) is 9. The molecule has 1 saturated carbocycles. The molecule has 2 amide bonds. The number of halogens is 2. The first-order chi connectivity index (χ1) is 18.2. The number of terminal acetylenes is 1. The summed E-state index contributed by atoms with van der Waals surface area (Å²) in [6.45, 7) is 3.39. The predicted octanol–water partition coefficient (Wildman–Crippen LogP) is 1.91. The summed E-state index contributed by atoms with van der Waals surface area (Å²) in [6, 6.07) is 2.17. The van der Waals surface area contributed by atoms with Crippen LogP contribution in [0.2, 0.25) is 0 Å². The lowest BCUT2D eigenvalue weighted by Crippen LogP contribution is -2.49. The highest BCUT2D eigenvalue weighted by atomic mass is 32.2. The second-order valence-electron chi connectivity index (χ2n) is 9.26. The summed E-state index contributed by atoms with van der Waals surface area (Å²) in [5.74, 6) is -1.12. The Morgan fingerprint density at radius 3 is 2.76 bits per heavy atom. The van der Waals surface area contributed by atoms with Gasteiger partial charge in [-0.1, -0.05) is 17.7 Å². The number of rotatable bonds is 6. The Hall–Kier alpha value is -3.76. The highest BCUT2D eigenvalue weighted by Crippen LogP contribution is 2.66. The number of amides is 2. The Labute approximate surface area is 221 Å². The largest absolute Gasteiger partial charge is 0.463 e. The summed E-state index contributed by atoms with van der Waals surface area (Å²) in [7, 11) is 0. The number of hydrogen-bond donors (Lipinski definition) is 2. The first-order valence-electron chi connectivity index (χ1n) is 11.8. The third kappa shape index (κ3) is 4.54. The van der Waals surface area contributed by atoms with Crippen molar-refractivity contribution in [3.05, 3.63) is 47.4 Å². The van der Waals surface area contributed by atoms with Crippen molar-refractivity contribution in [2.45, 2.75) is 23.6 Å². The van der Waals surface area contributed by atoms with Gasteiger partial charge >= 0.3 is 0 Å². The molecule has 1 saturated heterocycles. The topological polar surface area (TPSA) is 132 Å². The van der Waals surface area contributed by atoms with Crippen LogP contribution in [0.4, 0.5) is 14.5 Å². The van der Waals surface area contributed by atoms with E-state index in [4.69, 9.17) is 21.6 Å². The second-order valence-corrected chi connectivity index (χ2v) is 10.6. The quantitative estimate of drug-likeness (QED) is 0.530. The predicted molar refractivity (Wildman–Crippen MR) is 135 cm³/mol. The van der Waals surface area contributed by atoms with Gasteiger partial charge in [0.2, 0.25) is 11.8 Å². The third-order valence-corrected chi connectivity index (χ3v) is 8.16. The molecule has 0 bridgehead atoms. The molecule has 0 spiro atoms. The van der Waals surface area contributed by atoms with E-state index in [2.05, 4.69) is 26.2 Å². The van der Waals surface area contributed by atoms with Crippen molar-refractivity contribution < 1.29 is 27.8 Å². The highest BCUT2D eigenvalue weighted by Gasteiger charge is 2.71. The van der Waals surface area contributed by atoms with E-state index < -0.39 is 33.7 Å². The number of benzene rings is 1. The first kappa shape index (κ1) is 25.9. The maximum absolute atomic E-state index is 15.3. The van der Waals surface area contributed by atoms with Crippen LogP contribution in [0.1, 0.15) is 29.4 Å². The number of carbonyl (C=O) groups excluding carboxylic acids is 2. The van der Waals surface area contributed by atoms with Gasteiger partial charge in [-0.25, -0.2) is 18.7 Å². The van der Waals surface area contributed by atoms with Gasteiger partial charge in [0.05, 0.1) is 31.1 Å². The van der Waals surface area contributed by atoms with Crippen molar-refractivity contribution in [3.8, 4) is 18.2 Å². The van der Waals surface area contributed by atoms with Gasteiger partial charge < -0.3 is 25.4 Å². The van der Waals surface area contributed by atoms with E-state index in [0.717, 1.165) is 17.8 Å². The van der Waals surface area contributed by atoms with Crippen LogP contribution in [-0.2, 0) is 15.1 Å². The molecule has 2 aliphatic heterocycles. The molecule has 2 fully saturated rings. The molecule has 0 radical (unpaired) electrons. The van der Waals surface area contributed by atoms with Crippen molar-refractivity contribution in [2.24, 2.45) is 16.6 Å². The minimum Gasteiger partial charge on any atom is -0.463 e. The van der Waals surface area contributed by atoms with Crippen molar-refractivity contribution in [1.29, 1.82) is 0 Å². The molecule has 1 aromatic heterocycles. The van der Waals surface area contributed by atoms with Crippen LogP contribution in [0.5, 0.6) is 5.88 Å². The normalized spacial score (nSPS) is 26.0. The van der Waals surface area contributed by atoms with E-state index in [1.54, 1.807) is 11.8 Å². The van der Waals surface area contributed by atoms with E-state index >= 15 is 4.39 Å².